The summed E-state index contributed by atoms with van der Waals surface area (Å²) in [6, 6.07) is 20.2. The Morgan fingerprint density at radius 3 is 1.88 bits per heavy atom. The van der Waals surface area contributed by atoms with Crippen molar-refractivity contribution in [1.82, 2.24) is 0 Å². The van der Waals surface area contributed by atoms with Gasteiger partial charge in [-0.15, -0.1) is 0 Å². The number of phenolic OH excluding ortho intramolecular Hbond substituents is 1. The van der Waals surface area contributed by atoms with Gasteiger partial charge in [-0.3, -0.25) is 14.4 Å². The van der Waals surface area contributed by atoms with Gasteiger partial charge in [-0.25, -0.2) is 0 Å². The molecule has 0 aliphatic carbocycles. The molecule has 8 nitrogen and oxygen atoms in total. The highest BCUT2D eigenvalue weighted by molar-refractivity contribution is 5.76. The molecule has 8 heteroatoms. The van der Waals surface area contributed by atoms with Crippen molar-refractivity contribution < 1.29 is 33.7 Å². The van der Waals surface area contributed by atoms with E-state index in [9.17, 15) is 19.5 Å². The van der Waals surface area contributed by atoms with Gasteiger partial charge in [0.05, 0.1) is 0 Å². The van der Waals surface area contributed by atoms with Gasteiger partial charge in [0.25, 0.3) is 0 Å². The topological polar surface area (TPSA) is 102 Å². The highest BCUT2D eigenvalue weighted by Gasteiger charge is 2.17. The number of esters is 3. The maximum absolute atomic E-state index is 12.7. The van der Waals surface area contributed by atoms with Crippen LogP contribution >= 0.6 is 0 Å². The molecule has 0 spiro atoms. The molecule has 1 N–H and O–H groups in total. The lowest BCUT2D eigenvalue weighted by Crippen LogP contribution is -2.30. The van der Waals surface area contributed by atoms with Gasteiger partial charge in [-0.1, -0.05) is 36.4 Å². The van der Waals surface area contributed by atoms with Gasteiger partial charge in [-0.2, -0.15) is 0 Å². The van der Waals surface area contributed by atoms with Gasteiger partial charge in [0, 0.05) is 37.2 Å². The van der Waals surface area contributed by atoms with E-state index in [1.165, 1.54) is 26.0 Å². The van der Waals surface area contributed by atoms with E-state index >= 15 is 0 Å². The van der Waals surface area contributed by atoms with Crippen LogP contribution in [0.4, 0.5) is 5.69 Å². The van der Waals surface area contributed by atoms with Crippen molar-refractivity contribution in [2.45, 2.75) is 27.0 Å². The summed E-state index contributed by atoms with van der Waals surface area (Å²) in [6.45, 7) is 2.67. The molecule has 0 aliphatic rings. The van der Waals surface area contributed by atoms with Gasteiger partial charge in [0.15, 0.2) is 0 Å². The minimum atomic E-state index is -0.518. The summed E-state index contributed by atoms with van der Waals surface area (Å²) < 4.78 is 15.9. The number of nitrogens with zero attached hydrogens (tertiary/aromatic N) is 1. The molecule has 0 heterocycles. The Kier molecular flexibility index (Phi) is 8.23. The highest BCUT2D eigenvalue weighted by atomic mass is 16.5. The lowest BCUT2D eigenvalue weighted by molar-refractivity contribution is -0.143. The van der Waals surface area contributed by atoms with Crippen molar-refractivity contribution >= 4 is 23.6 Å². The zero-order valence-electron chi connectivity index (χ0n) is 18.9. The second-order valence-electron chi connectivity index (χ2n) is 7.44. The Labute approximate surface area is 197 Å². The number of rotatable bonds is 9. The molecule has 0 saturated carbocycles. The summed E-state index contributed by atoms with van der Waals surface area (Å²) in [5.74, 6) is -0.626. The average molecular weight is 463 g/mol. The lowest BCUT2D eigenvalue weighted by Gasteiger charge is -2.25. The Morgan fingerprint density at radius 2 is 1.29 bits per heavy atom. The highest BCUT2D eigenvalue weighted by Crippen LogP contribution is 2.25. The minimum absolute atomic E-state index is 0.0737. The third-order valence-corrected chi connectivity index (χ3v) is 4.74. The standard InChI is InChI=1S/C26H25NO7/c1-18(28)33-24-9-5-3-7-20(24)15-27(22-11-13-23(30)14-12-22)16-26(31)32-17-21-8-4-6-10-25(21)34-19(2)29/h3-14,30H,15-17H2,1-2H3. The Bertz CT molecular complexity index is 1160. The van der Waals surface area contributed by atoms with Crippen molar-refractivity contribution in [1.29, 1.82) is 0 Å². The van der Waals surface area contributed by atoms with Crippen LogP contribution in [0, 0.1) is 0 Å². The number of aromatic hydroxyl groups is 1. The summed E-state index contributed by atoms with van der Waals surface area (Å²) in [5.41, 5.74) is 1.91. The Hall–Kier alpha value is -4.33. The maximum atomic E-state index is 12.7. The first-order valence-electron chi connectivity index (χ1n) is 10.5. The van der Waals surface area contributed by atoms with Crippen molar-refractivity contribution in [2.24, 2.45) is 0 Å². The van der Waals surface area contributed by atoms with Gasteiger partial charge in [0.2, 0.25) is 0 Å². The van der Waals surface area contributed by atoms with E-state index in [-0.39, 0.29) is 25.4 Å². The largest absolute Gasteiger partial charge is 0.508 e. The van der Waals surface area contributed by atoms with E-state index in [2.05, 4.69) is 0 Å². The summed E-state index contributed by atoms with van der Waals surface area (Å²) in [6.07, 6.45) is 0. The molecule has 176 valence electrons. The fraction of sp³-hybridized carbons (Fsp3) is 0.192. The monoisotopic (exact) mass is 463 g/mol. The molecule has 0 amide bonds. The summed E-state index contributed by atoms with van der Waals surface area (Å²) in [5, 5.41) is 9.65. The summed E-state index contributed by atoms with van der Waals surface area (Å²) in [7, 11) is 0. The molecule has 0 unspecified atom stereocenters. The zero-order valence-corrected chi connectivity index (χ0v) is 18.9. The van der Waals surface area contributed by atoms with Crippen LogP contribution in [0.3, 0.4) is 0 Å². The smallest absolute Gasteiger partial charge is 0.325 e. The predicted octanol–water partition coefficient (Wildman–Crippen LogP) is 3.99. The van der Waals surface area contributed by atoms with Gasteiger partial charge < -0.3 is 24.2 Å². The van der Waals surface area contributed by atoms with Crippen LogP contribution < -0.4 is 14.4 Å². The number of carbonyl (C=O) groups excluding carboxylic acids is 3. The number of ether oxygens (including phenoxy) is 3. The molecule has 3 aromatic carbocycles. The minimum Gasteiger partial charge on any atom is -0.508 e. The molecule has 0 bridgehead atoms. The van der Waals surface area contributed by atoms with Gasteiger partial charge >= 0.3 is 17.9 Å². The van der Waals surface area contributed by atoms with E-state index in [0.29, 0.717) is 28.3 Å². The van der Waals surface area contributed by atoms with Crippen molar-refractivity contribution in [3.63, 3.8) is 0 Å². The van der Waals surface area contributed by atoms with Gasteiger partial charge in [0.1, 0.15) is 30.4 Å². The average Bonchev–Trinajstić information content (AvgIpc) is 2.79. The van der Waals surface area contributed by atoms with E-state index in [1.807, 2.05) is 6.07 Å². The molecule has 3 rings (SSSR count). The van der Waals surface area contributed by atoms with Crippen LogP contribution in [0.25, 0.3) is 0 Å². The normalized spacial score (nSPS) is 10.3. The third kappa shape index (κ3) is 7.09. The number of anilines is 1. The van der Waals surface area contributed by atoms with Crippen LogP contribution in [-0.4, -0.2) is 29.6 Å². The predicted molar refractivity (Wildman–Crippen MR) is 124 cm³/mol. The van der Waals surface area contributed by atoms with Crippen molar-refractivity contribution in [3.8, 4) is 17.2 Å². The molecular formula is C26H25NO7. The SMILES string of the molecule is CC(=O)Oc1ccccc1COC(=O)CN(Cc1ccccc1OC(C)=O)c1ccc(O)cc1. The van der Waals surface area contributed by atoms with Gasteiger partial charge in [-0.05, 0) is 36.4 Å². The van der Waals surface area contributed by atoms with Crippen molar-refractivity contribution in [3.05, 3.63) is 83.9 Å². The zero-order chi connectivity index (χ0) is 24.5. The lowest BCUT2D eigenvalue weighted by atomic mass is 10.1. The van der Waals surface area contributed by atoms with Crippen LogP contribution in [0.15, 0.2) is 72.8 Å². The molecule has 34 heavy (non-hydrogen) atoms. The second kappa shape index (κ2) is 11.5. The van der Waals surface area contributed by atoms with Crippen LogP contribution in [0.1, 0.15) is 25.0 Å². The molecule has 0 aliphatic heterocycles. The number of hydrogen-bond acceptors (Lipinski definition) is 8. The number of para-hydroxylation sites is 2. The van der Waals surface area contributed by atoms with E-state index in [1.54, 1.807) is 59.5 Å². The first-order chi connectivity index (χ1) is 16.3. The Balaban J connectivity index is 1.76. The van der Waals surface area contributed by atoms with E-state index < -0.39 is 17.9 Å². The second-order valence-corrected chi connectivity index (χ2v) is 7.44. The fourth-order valence-corrected chi connectivity index (χ4v) is 3.23. The first-order valence-corrected chi connectivity index (χ1v) is 10.5. The molecule has 3 aromatic rings. The number of hydrogen-bond donors (Lipinski definition) is 1. The fourth-order valence-electron chi connectivity index (χ4n) is 3.23. The molecule has 0 fully saturated rings. The quantitative estimate of drug-likeness (QED) is 0.375. The van der Waals surface area contributed by atoms with Crippen LogP contribution in [-0.2, 0) is 32.3 Å². The number of benzene rings is 3. The number of carbonyl (C=O) groups is 3. The molecule has 0 atom stereocenters. The summed E-state index contributed by atoms with van der Waals surface area (Å²) >= 11 is 0. The summed E-state index contributed by atoms with van der Waals surface area (Å²) in [4.78, 5) is 37.3. The molecule has 0 saturated heterocycles. The third-order valence-electron chi connectivity index (χ3n) is 4.74. The maximum Gasteiger partial charge on any atom is 0.325 e. The van der Waals surface area contributed by atoms with E-state index in [4.69, 9.17) is 14.2 Å². The van der Waals surface area contributed by atoms with Crippen LogP contribution in [0.5, 0.6) is 17.2 Å². The molecular weight excluding hydrogens is 438 g/mol. The molecule has 0 aromatic heterocycles. The van der Waals surface area contributed by atoms with Crippen molar-refractivity contribution in [2.75, 3.05) is 11.4 Å². The van der Waals surface area contributed by atoms with E-state index in [0.717, 1.165) is 0 Å². The number of phenols is 1. The first kappa shape index (κ1) is 24.3. The van der Waals surface area contributed by atoms with Crippen LogP contribution in [0.2, 0.25) is 0 Å². The molecule has 0 radical (unpaired) electrons. The Morgan fingerprint density at radius 1 is 0.765 bits per heavy atom.